The zero-order valence-corrected chi connectivity index (χ0v) is 9.75. The summed E-state index contributed by atoms with van der Waals surface area (Å²) in [7, 11) is 0. The Kier molecular flexibility index (Phi) is 2.37. The van der Waals surface area contributed by atoms with Crippen molar-refractivity contribution in [3.05, 3.63) is 42.4 Å². The van der Waals surface area contributed by atoms with Gasteiger partial charge in [-0.2, -0.15) is 4.98 Å². The van der Waals surface area contributed by atoms with E-state index in [0.29, 0.717) is 17.4 Å². The molecule has 0 spiro atoms. The topological polar surface area (TPSA) is 78.1 Å². The van der Waals surface area contributed by atoms with E-state index < -0.39 is 0 Å². The molecule has 3 rings (SSSR count). The molecule has 0 bridgehead atoms. The Labute approximate surface area is 103 Å². The summed E-state index contributed by atoms with van der Waals surface area (Å²) in [6.07, 6.45) is 1.59. The minimum atomic E-state index is 0.443. The number of anilines is 1. The van der Waals surface area contributed by atoms with E-state index in [1.165, 1.54) is 0 Å². The van der Waals surface area contributed by atoms with Crippen LogP contribution in [0.3, 0.4) is 0 Å². The number of aromatic nitrogens is 2. The Morgan fingerprint density at radius 2 is 2.11 bits per heavy atom. The second-order valence-electron chi connectivity index (χ2n) is 3.94. The summed E-state index contributed by atoms with van der Waals surface area (Å²) in [5, 5.41) is 3.94. The summed E-state index contributed by atoms with van der Waals surface area (Å²) < 4.78 is 10.4. The van der Waals surface area contributed by atoms with Crippen LogP contribution >= 0.6 is 0 Å². The van der Waals surface area contributed by atoms with Gasteiger partial charge in [0.2, 0.25) is 5.82 Å². The molecule has 0 saturated heterocycles. The van der Waals surface area contributed by atoms with Gasteiger partial charge in [-0.1, -0.05) is 17.3 Å². The highest BCUT2D eigenvalue weighted by Gasteiger charge is 2.14. The molecular formula is C13H11N3O2. The molecule has 0 unspecified atom stereocenters. The van der Waals surface area contributed by atoms with E-state index in [-0.39, 0.29) is 0 Å². The van der Waals surface area contributed by atoms with Crippen LogP contribution in [0.2, 0.25) is 0 Å². The normalized spacial score (nSPS) is 10.7. The molecule has 0 amide bonds. The van der Waals surface area contributed by atoms with Crippen LogP contribution < -0.4 is 5.73 Å². The standard InChI is InChI=1S/C13H11N3O2/c1-8-11(5-6-17-8)13-15-12(16-18-13)9-3-2-4-10(14)7-9/h2-7H,14H2,1H3. The summed E-state index contributed by atoms with van der Waals surface area (Å²) >= 11 is 0. The van der Waals surface area contributed by atoms with Crippen molar-refractivity contribution < 1.29 is 8.94 Å². The van der Waals surface area contributed by atoms with Crippen molar-refractivity contribution in [1.82, 2.24) is 10.1 Å². The average Bonchev–Trinajstić information content (AvgIpc) is 2.97. The molecule has 3 aromatic rings. The first-order valence-electron chi connectivity index (χ1n) is 5.48. The SMILES string of the molecule is Cc1occc1-c1nc(-c2cccc(N)c2)no1. The number of nitrogens with zero attached hydrogens (tertiary/aromatic N) is 2. The number of hydrogen-bond donors (Lipinski definition) is 1. The molecule has 2 N–H and O–H groups in total. The van der Waals surface area contributed by atoms with Gasteiger partial charge in [0.15, 0.2) is 0 Å². The van der Waals surface area contributed by atoms with Crippen LogP contribution in [-0.2, 0) is 0 Å². The highest BCUT2D eigenvalue weighted by atomic mass is 16.5. The van der Waals surface area contributed by atoms with Crippen molar-refractivity contribution in [3.8, 4) is 22.8 Å². The van der Waals surface area contributed by atoms with Gasteiger partial charge in [-0.15, -0.1) is 0 Å². The zero-order valence-electron chi connectivity index (χ0n) is 9.75. The van der Waals surface area contributed by atoms with Crippen LogP contribution in [0.15, 0.2) is 45.5 Å². The lowest BCUT2D eigenvalue weighted by molar-refractivity contribution is 0.430. The highest BCUT2D eigenvalue weighted by molar-refractivity contribution is 5.63. The minimum absolute atomic E-state index is 0.443. The number of nitrogens with two attached hydrogens (primary N) is 1. The lowest BCUT2D eigenvalue weighted by Gasteiger charge is -1.95. The van der Waals surface area contributed by atoms with Crippen molar-refractivity contribution in [3.63, 3.8) is 0 Å². The van der Waals surface area contributed by atoms with Crippen molar-refractivity contribution in [2.24, 2.45) is 0 Å². The van der Waals surface area contributed by atoms with Gasteiger partial charge in [-0.05, 0) is 25.1 Å². The molecule has 0 fully saturated rings. The summed E-state index contributed by atoms with van der Waals surface area (Å²) in [6, 6.07) is 9.14. The fourth-order valence-corrected chi connectivity index (χ4v) is 1.73. The van der Waals surface area contributed by atoms with E-state index in [4.69, 9.17) is 14.7 Å². The van der Waals surface area contributed by atoms with Crippen LogP contribution in [0.4, 0.5) is 5.69 Å². The molecule has 2 aromatic heterocycles. The highest BCUT2D eigenvalue weighted by Crippen LogP contribution is 2.25. The fourth-order valence-electron chi connectivity index (χ4n) is 1.73. The van der Waals surface area contributed by atoms with Crippen molar-refractivity contribution >= 4 is 5.69 Å². The smallest absolute Gasteiger partial charge is 0.261 e. The van der Waals surface area contributed by atoms with Gasteiger partial charge in [-0.25, -0.2) is 0 Å². The quantitative estimate of drug-likeness (QED) is 0.698. The average molecular weight is 241 g/mol. The van der Waals surface area contributed by atoms with E-state index in [9.17, 15) is 0 Å². The molecule has 0 radical (unpaired) electrons. The third kappa shape index (κ3) is 1.75. The Morgan fingerprint density at radius 3 is 2.83 bits per heavy atom. The van der Waals surface area contributed by atoms with E-state index in [0.717, 1.165) is 16.9 Å². The monoisotopic (exact) mass is 241 g/mol. The number of benzene rings is 1. The molecule has 0 aliphatic heterocycles. The lowest BCUT2D eigenvalue weighted by atomic mass is 10.2. The van der Waals surface area contributed by atoms with Crippen LogP contribution in [0.5, 0.6) is 0 Å². The van der Waals surface area contributed by atoms with Gasteiger partial charge in [0.1, 0.15) is 5.76 Å². The number of aryl methyl sites for hydroxylation is 1. The molecular weight excluding hydrogens is 230 g/mol. The van der Waals surface area contributed by atoms with Crippen LogP contribution in [0, 0.1) is 6.92 Å². The van der Waals surface area contributed by atoms with E-state index in [2.05, 4.69) is 10.1 Å². The summed E-state index contributed by atoms with van der Waals surface area (Å²) in [4.78, 5) is 4.33. The summed E-state index contributed by atoms with van der Waals surface area (Å²) in [6.45, 7) is 1.85. The zero-order chi connectivity index (χ0) is 12.5. The molecule has 90 valence electrons. The first-order valence-corrected chi connectivity index (χ1v) is 5.48. The maximum atomic E-state index is 5.72. The van der Waals surface area contributed by atoms with Crippen LogP contribution in [0.1, 0.15) is 5.76 Å². The van der Waals surface area contributed by atoms with Gasteiger partial charge in [0.25, 0.3) is 5.89 Å². The van der Waals surface area contributed by atoms with E-state index >= 15 is 0 Å². The Hall–Kier alpha value is -2.56. The first kappa shape index (κ1) is 10.6. The number of nitrogen functional groups attached to an aromatic ring is 1. The molecule has 5 heteroatoms. The molecule has 0 aliphatic rings. The van der Waals surface area contributed by atoms with Crippen molar-refractivity contribution in [2.45, 2.75) is 6.92 Å². The van der Waals surface area contributed by atoms with Gasteiger partial charge in [-0.3, -0.25) is 0 Å². The van der Waals surface area contributed by atoms with Gasteiger partial charge in [0, 0.05) is 11.3 Å². The molecule has 1 aromatic carbocycles. The number of furan rings is 1. The van der Waals surface area contributed by atoms with Crippen LogP contribution in [0.25, 0.3) is 22.8 Å². The Bertz CT molecular complexity index is 685. The number of rotatable bonds is 2. The Balaban J connectivity index is 2.02. The van der Waals surface area contributed by atoms with Crippen LogP contribution in [-0.4, -0.2) is 10.1 Å². The van der Waals surface area contributed by atoms with E-state index in [1.807, 2.05) is 25.1 Å². The molecule has 18 heavy (non-hydrogen) atoms. The maximum absolute atomic E-state index is 5.72. The number of hydrogen-bond acceptors (Lipinski definition) is 5. The second kappa shape index (κ2) is 4.03. The van der Waals surface area contributed by atoms with Crippen molar-refractivity contribution in [2.75, 3.05) is 5.73 Å². The van der Waals surface area contributed by atoms with Gasteiger partial charge >= 0.3 is 0 Å². The molecule has 0 saturated carbocycles. The minimum Gasteiger partial charge on any atom is -0.469 e. The largest absolute Gasteiger partial charge is 0.469 e. The third-order valence-electron chi connectivity index (χ3n) is 2.66. The Morgan fingerprint density at radius 1 is 1.22 bits per heavy atom. The fraction of sp³-hybridized carbons (Fsp3) is 0.0769. The van der Waals surface area contributed by atoms with Gasteiger partial charge < -0.3 is 14.7 Å². The third-order valence-corrected chi connectivity index (χ3v) is 2.66. The lowest BCUT2D eigenvalue weighted by Crippen LogP contribution is -1.86. The maximum Gasteiger partial charge on any atom is 0.261 e. The predicted molar refractivity (Wildman–Crippen MR) is 66.6 cm³/mol. The first-order chi connectivity index (χ1) is 8.74. The molecule has 0 atom stereocenters. The summed E-state index contributed by atoms with van der Waals surface area (Å²) in [5.41, 5.74) is 8.01. The molecule has 2 heterocycles. The van der Waals surface area contributed by atoms with E-state index in [1.54, 1.807) is 18.4 Å². The van der Waals surface area contributed by atoms with Crippen molar-refractivity contribution in [1.29, 1.82) is 0 Å². The summed E-state index contributed by atoms with van der Waals surface area (Å²) in [5.74, 6) is 1.70. The predicted octanol–water partition coefficient (Wildman–Crippen LogP) is 2.89. The van der Waals surface area contributed by atoms with Gasteiger partial charge in [0.05, 0.1) is 11.8 Å². The molecule has 5 nitrogen and oxygen atoms in total. The second-order valence-corrected chi connectivity index (χ2v) is 3.94. The molecule has 0 aliphatic carbocycles.